The van der Waals surface area contributed by atoms with Gasteiger partial charge >= 0.3 is 5.97 Å². The fourth-order valence-corrected chi connectivity index (χ4v) is 3.69. The molecule has 2 N–H and O–H groups in total. The van der Waals surface area contributed by atoms with E-state index in [1.807, 2.05) is 6.07 Å². The van der Waals surface area contributed by atoms with E-state index in [0.717, 1.165) is 4.90 Å². The Hall–Kier alpha value is -5.30. The van der Waals surface area contributed by atoms with Gasteiger partial charge in [-0.05, 0) is 67.6 Å². The molecule has 0 saturated carbocycles. The van der Waals surface area contributed by atoms with Crippen molar-refractivity contribution in [2.75, 3.05) is 15.5 Å². The number of fused-ring (bicyclic) bond motifs is 1. The van der Waals surface area contributed by atoms with Crippen LogP contribution in [-0.4, -0.2) is 35.7 Å². The Morgan fingerprint density at radius 1 is 0.892 bits per heavy atom. The first kappa shape index (κ1) is 24.8. The van der Waals surface area contributed by atoms with Crippen molar-refractivity contribution in [1.29, 1.82) is 5.26 Å². The lowest BCUT2D eigenvalue weighted by molar-refractivity contribution is -0.123. The summed E-state index contributed by atoms with van der Waals surface area (Å²) in [6.45, 7) is 2.75. The van der Waals surface area contributed by atoms with E-state index in [0.29, 0.717) is 22.6 Å². The molecule has 10 nitrogen and oxygen atoms in total. The van der Waals surface area contributed by atoms with Crippen molar-refractivity contribution in [2.45, 2.75) is 20.0 Å². The van der Waals surface area contributed by atoms with Gasteiger partial charge in [0.2, 0.25) is 5.91 Å². The highest BCUT2D eigenvalue weighted by Gasteiger charge is 2.37. The molecule has 0 saturated heterocycles. The van der Waals surface area contributed by atoms with Gasteiger partial charge in [-0.2, -0.15) is 5.26 Å². The molecule has 4 rings (SSSR count). The van der Waals surface area contributed by atoms with Crippen LogP contribution in [0.5, 0.6) is 0 Å². The molecule has 4 amide bonds. The summed E-state index contributed by atoms with van der Waals surface area (Å²) in [7, 11) is 0. The van der Waals surface area contributed by atoms with Crippen molar-refractivity contribution in [3.63, 3.8) is 0 Å². The summed E-state index contributed by atoms with van der Waals surface area (Å²) >= 11 is 0. The van der Waals surface area contributed by atoms with Crippen molar-refractivity contribution in [1.82, 2.24) is 0 Å². The summed E-state index contributed by atoms with van der Waals surface area (Å²) in [6.07, 6.45) is -1.18. The monoisotopic (exact) mass is 496 g/mol. The van der Waals surface area contributed by atoms with Crippen LogP contribution in [0.25, 0.3) is 0 Å². The number of nitrogens with zero attached hydrogens (tertiary/aromatic N) is 2. The molecule has 1 heterocycles. The third-order valence-corrected chi connectivity index (χ3v) is 5.48. The summed E-state index contributed by atoms with van der Waals surface area (Å²) in [6, 6.07) is 18.4. The molecule has 1 aliphatic rings. The lowest BCUT2D eigenvalue weighted by Gasteiger charge is -2.14. The predicted octanol–water partition coefficient (Wildman–Crippen LogP) is 3.50. The first-order chi connectivity index (χ1) is 17.7. The van der Waals surface area contributed by atoms with Crippen molar-refractivity contribution in [2.24, 2.45) is 0 Å². The van der Waals surface area contributed by atoms with E-state index in [9.17, 15) is 24.0 Å². The van der Waals surface area contributed by atoms with Crippen LogP contribution >= 0.6 is 0 Å². The van der Waals surface area contributed by atoms with Gasteiger partial charge in [0, 0.05) is 18.3 Å². The molecule has 0 bridgehead atoms. The first-order valence-corrected chi connectivity index (χ1v) is 11.1. The van der Waals surface area contributed by atoms with Gasteiger partial charge in [-0.1, -0.05) is 6.07 Å². The SMILES string of the molecule is CC(=O)Nc1ccc(N2C(=O)c3ccc(C(=O)OC(C)C(=O)Nc4cccc(C#N)c4)cc3C2=O)cc1. The normalized spacial score (nSPS) is 12.8. The fraction of sp³-hybridized carbons (Fsp3) is 0.111. The number of rotatable bonds is 6. The molecule has 37 heavy (non-hydrogen) atoms. The van der Waals surface area contributed by atoms with Crippen LogP contribution in [-0.2, 0) is 14.3 Å². The van der Waals surface area contributed by atoms with E-state index < -0.39 is 29.8 Å². The number of carbonyl (C=O) groups is 5. The number of carbonyl (C=O) groups excluding carboxylic acids is 5. The molecule has 0 aliphatic carbocycles. The maximum atomic E-state index is 13.0. The smallest absolute Gasteiger partial charge is 0.338 e. The van der Waals surface area contributed by atoms with Crippen molar-refractivity contribution < 1.29 is 28.7 Å². The van der Waals surface area contributed by atoms with Crippen molar-refractivity contribution >= 4 is 46.7 Å². The van der Waals surface area contributed by atoms with E-state index >= 15 is 0 Å². The number of anilines is 3. The second kappa shape index (κ2) is 10.1. The number of nitriles is 1. The third kappa shape index (κ3) is 5.21. The maximum absolute atomic E-state index is 13.0. The average molecular weight is 496 g/mol. The minimum absolute atomic E-state index is 0.00566. The summed E-state index contributed by atoms with van der Waals surface area (Å²) in [5.74, 6) is -2.89. The minimum Gasteiger partial charge on any atom is -0.449 e. The number of amides is 4. The number of benzene rings is 3. The molecule has 0 aromatic heterocycles. The molecule has 3 aromatic carbocycles. The van der Waals surface area contributed by atoms with Gasteiger partial charge in [0.25, 0.3) is 17.7 Å². The Morgan fingerprint density at radius 3 is 2.27 bits per heavy atom. The van der Waals surface area contributed by atoms with Gasteiger partial charge in [-0.3, -0.25) is 19.2 Å². The lowest BCUT2D eigenvalue weighted by Crippen LogP contribution is -2.30. The van der Waals surface area contributed by atoms with E-state index in [4.69, 9.17) is 10.00 Å². The number of hydrogen-bond donors (Lipinski definition) is 2. The van der Waals surface area contributed by atoms with Crippen molar-refractivity contribution in [3.05, 3.63) is 89.0 Å². The standard InChI is InChI=1S/C27H20N4O6/c1-15(24(33)30-20-5-3-4-17(12-20)14-28)37-27(36)18-6-11-22-23(13-18)26(35)31(25(22)34)21-9-7-19(8-10-21)29-16(2)32/h3-13,15H,1-2H3,(H,29,32)(H,30,33). The third-order valence-electron chi connectivity index (χ3n) is 5.48. The average Bonchev–Trinajstić information content (AvgIpc) is 3.13. The largest absolute Gasteiger partial charge is 0.449 e. The van der Waals surface area contributed by atoms with E-state index in [1.54, 1.807) is 30.3 Å². The van der Waals surface area contributed by atoms with Crippen LogP contribution in [0, 0.1) is 11.3 Å². The quantitative estimate of drug-likeness (QED) is 0.392. The van der Waals surface area contributed by atoms with Crippen LogP contribution in [0.15, 0.2) is 66.7 Å². The summed E-state index contributed by atoms with van der Waals surface area (Å²) < 4.78 is 5.24. The van der Waals surface area contributed by atoms with Crippen LogP contribution in [0.4, 0.5) is 17.1 Å². The van der Waals surface area contributed by atoms with Crippen LogP contribution < -0.4 is 15.5 Å². The Bertz CT molecular complexity index is 1490. The van der Waals surface area contributed by atoms with Gasteiger partial charge in [-0.15, -0.1) is 0 Å². The number of imide groups is 1. The zero-order valence-corrected chi connectivity index (χ0v) is 19.8. The topological polar surface area (TPSA) is 146 Å². The highest BCUT2D eigenvalue weighted by Crippen LogP contribution is 2.30. The van der Waals surface area contributed by atoms with Gasteiger partial charge in [0.1, 0.15) is 0 Å². The second-order valence-electron chi connectivity index (χ2n) is 8.16. The molecule has 1 atom stereocenters. The molecule has 0 radical (unpaired) electrons. The first-order valence-electron chi connectivity index (χ1n) is 11.1. The Labute approximate surface area is 211 Å². The summed E-state index contributed by atoms with van der Waals surface area (Å²) in [4.78, 5) is 63.2. The highest BCUT2D eigenvalue weighted by atomic mass is 16.5. The molecule has 0 fully saturated rings. The molecule has 184 valence electrons. The predicted molar refractivity (Wildman–Crippen MR) is 133 cm³/mol. The number of ether oxygens (including phenoxy) is 1. The van der Waals surface area contributed by atoms with Crippen molar-refractivity contribution in [3.8, 4) is 6.07 Å². The number of hydrogen-bond acceptors (Lipinski definition) is 7. The summed E-state index contributed by atoms with van der Waals surface area (Å²) in [5, 5.41) is 14.2. The molecule has 10 heteroatoms. The molecule has 1 aliphatic heterocycles. The zero-order chi connectivity index (χ0) is 26.7. The van der Waals surface area contributed by atoms with Crippen LogP contribution in [0.1, 0.15) is 50.5 Å². The van der Waals surface area contributed by atoms with Gasteiger partial charge in [0.15, 0.2) is 6.10 Å². The zero-order valence-electron chi connectivity index (χ0n) is 19.8. The Morgan fingerprint density at radius 2 is 1.59 bits per heavy atom. The molecule has 0 spiro atoms. The van der Waals surface area contributed by atoms with Gasteiger partial charge in [0.05, 0.1) is 34.0 Å². The fourth-order valence-electron chi connectivity index (χ4n) is 3.69. The second-order valence-corrected chi connectivity index (χ2v) is 8.16. The lowest BCUT2D eigenvalue weighted by atomic mass is 10.1. The minimum atomic E-state index is -1.18. The van der Waals surface area contributed by atoms with Gasteiger partial charge < -0.3 is 15.4 Å². The van der Waals surface area contributed by atoms with Gasteiger partial charge in [-0.25, -0.2) is 9.69 Å². The Kier molecular flexibility index (Phi) is 6.79. The number of nitrogens with one attached hydrogen (secondary N) is 2. The summed E-state index contributed by atoms with van der Waals surface area (Å²) in [5.41, 5.74) is 1.68. The van der Waals surface area contributed by atoms with Crippen LogP contribution in [0.2, 0.25) is 0 Å². The Balaban J connectivity index is 1.46. The molecular formula is C27H20N4O6. The van der Waals surface area contributed by atoms with Crippen LogP contribution in [0.3, 0.4) is 0 Å². The molecule has 1 unspecified atom stereocenters. The number of esters is 1. The molecule has 3 aromatic rings. The highest BCUT2D eigenvalue weighted by molar-refractivity contribution is 6.34. The molecular weight excluding hydrogens is 476 g/mol. The maximum Gasteiger partial charge on any atom is 0.338 e. The van der Waals surface area contributed by atoms with E-state index in [-0.39, 0.29) is 22.6 Å². The van der Waals surface area contributed by atoms with E-state index in [1.165, 1.54) is 50.2 Å². The van der Waals surface area contributed by atoms with E-state index in [2.05, 4.69) is 10.6 Å².